The SMILES string of the molecule is NCCN.[Cl-].[Cl-].[Pt+2]. The molecule has 0 rings (SSSR count). The first-order valence-corrected chi connectivity index (χ1v) is 1.32. The van der Waals surface area contributed by atoms with Crippen LogP contribution in [0.5, 0.6) is 0 Å². The van der Waals surface area contributed by atoms with Gasteiger partial charge in [-0.1, -0.05) is 0 Å². The summed E-state index contributed by atoms with van der Waals surface area (Å²) in [5.74, 6) is 0. The minimum atomic E-state index is 0. The summed E-state index contributed by atoms with van der Waals surface area (Å²) in [7, 11) is 0. The maximum absolute atomic E-state index is 4.90. The Morgan fingerprint density at radius 1 is 0.857 bits per heavy atom. The topological polar surface area (TPSA) is 52.0 Å². The van der Waals surface area contributed by atoms with Crippen LogP contribution in [0.3, 0.4) is 0 Å². The Morgan fingerprint density at radius 3 is 1.00 bits per heavy atom. The van der Waals surface area contributed by atoms with E-state index in [4.69, 9.17) is 11.5 Å². The van der Waals surface area contributed by atoms with E-state index in [1.165, 1.54) is 0 Å². The average molecular weight is 326 g/mol. The Morgan fingerprint density at radius 2 is 1.00 bits per heavy atom. The molecule has 4 N–H and O–H groups in total. The van der Waals surface area contributed by atoms with Gasteiger partial charge in [0.2, 0.25) is 0 Å². The van der Waals surface area contributed by atoms with Crippen LogP contribution in [0.4, 0.5) is 0 Å². The predicted molar refractivity (Wildman–Crippen MR) is 18.1 cm³/mol. The van der Waals surface area contributed by atoms with E-state index < -0.39 is 0 Å². The van der Waals surface area contributed by atoms with Crippen molar-refractivity contribution in [3.05, 3.63) is 0 Å². The molecule has 0 aliphatic heterocycles. The van der Waals surface area contributed by atoms with Gasteiger partial charge >= 0.3 is 21.1 Å². The molecule has 0 aromatic carbocycles. The standard InChI is InChI=1S/C2H8N2.2ClH.Pt/c3-1-2-4;;;/h1-4H2;2*1H;/q;;;+2/p-2. The van der Waals surface area contributed by atoms with Crippen LogP contribution in [-0.4, -0.2) is 13.1 Å². The van der Waals surface area contributed by atoms with Crippen molar-refractivity contribution in [2.45, 2.75) is 0 Å². The second-order valence-electron chi connectivity index (χ2n) is 0.577. The third-order valence-corrected chi connectivity index (χ3v) is 0.167. The Bertz CT molecular complexity index is 15.7. The van der Waals surface area contributed by atoms with Gasteiger partial charge in [-0.05, 0) is 0 Å². The van der Waals surface area contributed by atoms with E-state index in [1.54, 1.807) is 0 Å². The van der Waals surface area contributed by atoms with Crippen molar-refractivity contribution in [2.24, 2.45) is 11.5 Å². The zero-order chi connectivity index (χ0) is 3.41. The molecular formula is C2H8Cl2N2Pt. The van der Waals surface area contributed by atoms with E-state index in [2.05, 4.69) is 0 Å². The molecule has 0 fully saturated rings. The molecule has 0 radical (unpaired) electrons. The molecule has 50 valence electrons. The van der Waals surface area contributed by atoms with E-state index in [9.17, 15) is 0 Å². The summed E-state index contributed by atoms with van der Waals surface area (Å²) in [4.78, 5) is 0. The maximum atomic E-state index is 4.90. The number of halogens is 2. The zero-order valence-corrected chi connectivity index (χ0v) is 7.43. The molecule has 0 aliphatic carbocycles. The van der Waals surface area contributed by atoms with Gasteiger partial charge in [-0.15, -0.1) is 0 Å². The van der Waals surface area contributed by atoms with Gasteiger partial charge < -0.3 is 36.3 Å². The molecule has 0 amide bonds. The van der Waals surface area contributed by atoms with Crippen LogP contribution >= 0.6 is 0 Å². The van der Waals surface area contributed by atoms with Gasteiger partial charge in [-0.3, -0.25) is 0 Å². The molecule has 7 heavy (non-hydrogen) atoms. The van der Waals surface area contributed by atoms with Gasteiger partial charge in [0.15, 0.2) is 0 Å². The van der Waals surface area contributed by atoms with Gasteiger partial charge in [-0.25, -0.2) is 0 Å². The summed E-state index contributed by atoms with van der Waals surface area (Å²) in [6.45, 7) is 1.19. The van der Waals surface area contributed by atoms with Gasteiger partial charge in [0, 0.05) is 13.1 Å². The fourth-order valence-corrected chi connectivity index (χ4v) is 0. The van der Waals surface area contributed by atoms with Crippen LogP contribution in [0, 0.1) is 0 Å². The largest absolute Gasteiger partial charge is 2.00 e. The molecular weight excluding hydrogens is 318 g/mol. The first-order valence-electron chi connectivity index (χ1n) is 1.32. The Labute approximate surface area is 70.5 Å². The summed E-state index contributed by atoms with van der Waals surface area (Å²) in [6, 6.07) is 0. The minimum Gasteiger partial charge on any atom is -1.00 e. The van der Waals surface area contributed by atoms with Crippen molar-refractivity contribution < 1.29 is 45.9 Å². The Balaban J connectivity index is -0.0000000150. The quantitative estimate of drug-likeness (QED) is 0.503. The van der Waals surface area contributed by atoms with Gasteiger partial charge in [0.1, 0.15) is 0 Å². The summed E-state index contributed by atoms with van der Waals surface area (Å²) in [6.07, 6.45) is 0. The molecule has 0 aromatic rings. The summed E-state index contributed by atoms with van der Waals surface area (Å²) in [5.41, 5.74) is 9.81. The first-order chi connectivity index (χ1) is 1.91. The van der Waals surface area contributed by atoms with Crippen LogP contribution in [0.25, 0.3) is 0 Å². The van der Waals surface area contributed by atoms with Crippen molar-refractivity contribution in [3.63, 3.8) is 0 Å². The minimum absolute atomic E-state index is 0. The van der Waals surface area contributed by atoms with Crippen molar-refractivity contribution >= 4 is 0 Å². The fraction of sp³-hybridized carbons (Fsp3) is 1.00. The maximum Gasteiger partial charge on any atom is 2.00 e. The Kier molecular flexibility index (Phi) is 93.3. The van der Waals surface area contributed by atoms with E-state index in [0.29, 0.717) is 13.1 Å². The van der Waals surface area contributed by atoms with Gasteiger partial charge in [0.25, 0.3) is 0 Å². The first kappa shape index (κ1) is 24.1. The smallest absolute Gasteiger partial charge is 1.00 e. The third kappa shape index (κ3) is 40.4. The second kappa shape index (κ2) is 27.1. The molecule has 0 bridgehead atoms. The summed E-state index contributed by atoms with van der Waals surface area (Å²) >= 11 is 0. The molecule has 0 saturated heterocycles. The van der Waals surface area contributed by atoms with Crippen molar-refractivity contribution in [1.82, 2.24) is 0 Å². The number of nitrogens with two attached hydrogens (primary N) is 2. The van der Waals surface area contributed by atoms with Crippen LogP contribution in [0.15, 0.2) is 0 Å². The molecule has 0 aliphatic rings. The summed E-state index contributed by atoms with van der Waals surface area (Å²) in [5, 5.41) is 0. The third-order valence-electron chi connectivity index (χ3n) is 0.167. The van der Waals surface area contributed by atoms with Gasteiger partial charge in [-0.2, -0.15) is 0 Å². The van der Waals surface area contributed by atoms with E-state index in [0.717, 1.165) is 0 Å². The normalized spacial score (nSPS) is 4.29. The van der Waals surface area contributed by atoms with Crippen LogP contribution in [0.2, 0.25) is 0 Å². The van der Waals surface area contributed by atoms with Gasteiger partial charge in [0.05, 0.1) is 0 Å². The fourth-order valence-electron chi connectivity index (χ4n) is 0. The van der Waals surface area contributed by atoms with Crippen molar-refractivity contribution in [3.8, 4) is 0 Å². The summed E-state index contributed by atoms with van der Waals surface area (Å²) < 4.78 is 0. The molecule has 0 saturated carbocycles. The molecule has 0 atom stereocenters. The zero-order valence-electron chi connectivity index (χ0n) is 3.64. The molecule has 0 heterocycles. The van der Waals surface area contributed by atoms with Crippen LogP contribution in [-0.2, 0) is 21.1 Å². The predicted octanol–water partition coefficient (Wildman–Crippen LogP) is -7.09. The molecule has 0 aromatic heterocycles. The van der Waals surface area contributed by atoms with Crippen LogP contribution < -0.4 is 36.3 Å². The Hall–Kier alpha value is 1.19. The molecule has 0 unspecified atom stereocenters. The van der Waals surface area contributed by atoms with E-state index in [1.807, 2.05) is 0 Å². The monoisotopic (exact) mass is 325 g/mol. The molecule has 0 spiro atoms. The van der Waals surface area contributed by atoms with Crippen LogP contribution in [0.1, 0.15) is 0 Å². The van der Waals surface area contributed by atoms with Crippen molar-refractivity contribution in [1.29, 1.82) is 0 Å². The molecule has 2 nitrogen and oxygen atoms in total. The number of rotatable bonds is 1. The van der Waals surface area contributed by atoms with Crippen molar-refractivity contribution in [2.75, 3.05) is 13.1 Å². The van der Waals surface area contributed by atoms with E-state index >= 15 is 0 Å². The number of hydrogen-bond acceptors (Lipinski definition) is 2. The average Bonchev–Trinajstić information content (AvgIpc) is 1.37. The second-order valence-corrected chi connectivity index (χ2v) is 0.577. The number of hydrogen-bond donors (Lipinski definition) is 2. The molecule has 5 heteroatoms. The van der Waals surface area contributed by atoms with E-state index in [-0.39, 0.29) is 45.9 Å².